The smallest absolute Gasteiger partial charge is 0.149 e. The maximum Gasteiger partial charge on any atom is 0.149 e. The van der Waals surface area contributed by atoms with Crippen molar-refractivity contribution < 1.29 is 0 Å². The Balaban J connectivity index is 2.69. The van der Waals surface area contributed by atoms with Crippen LogP contribution in [-0.2, 0) is 0 Å². The Hall–Kier alpha value is -0.0200. The molecular weight excluding hydrogens is 191 g/mol. The van der Waals surface area contributed by atoms with Crippen molar-refractivity contribution in [3.63, 3.8) is 0 Å². The number of hydrogen-bond donors (Lipinski definition) is 1. The summed E-state index contributed by atoms with van der Waals surface area (Å²) in [5, 5.41) is 4.19. The second-order valence-corrected chi connectivity index (χ2v) is 2.77. The number of halogens is 2. The second-order valence-electron chi connectivity index (χ2n) is 1.36. The Kier molecular flexibility index (Phi) is 1.91. The van der Waals surface area contributed by atoms with Gasteiger partial charge in [-0.15, -0.1) is 0 Å². The summed E-state index contributed by atoms with van der Waals surface area (Å²) in [5.74, 6) is 0. The van der Waals surface area contributed by atoms with Crippen molar-refractivity contribution in [1.29, 1.82) is 0 Å². The highest BCUT2D eigenvalue weighted by Crippen LogP contribution is 2.07. The van der Waals surface area contributed by atoms with E-state index in [1.807, 2.05) is 0 Å². The van der Waals surface area contributed by atoms with E-state index in [2.05, 4.69) is 26.5 Å². The molecule has 0 amide bonds. The lowest BCUT2D eigenvalue weighted by Gasteiger charge is -2.03. The molecule has 4 heteroatoms. The Morgan fingerprint density at radius 3 is 3.00 bits per heavy atom. The summed E-state index contributed by atoms with van der Waals surface area (Å²) in [6.45, 7) is 0.732. The summed E-state index contributed by atoms with van der Waals surface area (Å²) >= 11 is 8.75. The van der Waals surface area contributed by atoms with Crippen LogP contribution < -0.4 is 5.43 Å². The zero-order valence-electron chi connectivity index (χ0n) is 3.99. The molecule has 1 aliphatic heterocycles. The van der Waals surface area contributed by atoms with E-state index in [1.54, 1.807) is 6.08 Å². The van der Waals surface area contributed by atoms with Crippen molar-refractivity contribution in [2.24, 2.45) is 5.10 Å². The van der Waals surface area contributed by atoms with Crippen LogP contribution in [0.5, 0.6) is 0 Å². The van der Waals surface area contributed by atoms with Gasteiger partial charge in [-0.3, -0.25) is 0 Å². The molecular formula is C4H4BrClN2. The molecule has 0 radical (unpaired) electrons. The molecule has 0 saturated carbocycles. The average Bonchev–Trinajstić information content (AvgIpc) is 1.64. The van der Waals surface area contributed by atoms with Gasteiger partial charge in [-0.05, 0) is 6.08 Å². The van der Waals surface area contributed by atoms with E-state index >= 15 is 0 Å². The minimum absolute atomic E-state index is 0.489. The van der Waals surface area contributed by atoms with Gasteiger partial charge >= 0.3 is 0 Å². The largest absolute Gasteiger partial charge is 0.304 e. The lowest BCUT2D eigenvalue weighted by molar-refractivity contribution is 0.816. The molecule has 8 heavy (non-hydrogen) atoms. The van der Waals surface area contributed by atoms with Crippen molar-refractivity contribution in [3.05, 3.63) is 10.6 Å². The van der Waals surface area contributed by atoms with Gasteiger partial charge in [0.2, 0.25) is 0 Å². The van der Waals surface area contributed by atoms with Crippen LogP contribution in [0.2, 0.25) is 0 Å². The van der Waals surface area contributed by atoms with Crippen molar-refractivity contribution in [2.75, 3.05) is 6.54 Å². The van der Waals surface area contributed by atoms with E-state index in [9.17, 15) is 0 Å². The van der Waals surface area contributed by atoms with E-state index in [0.29, 0.717) is 5.17 Å². The zero-order valence-corrected chi connectivity index (χ0v) is 6.33. The van der Waals surface area contributed by atoms with Gasteiger partial charge in [-0.25, -0.2) is 0 Å². The van der Waals surface area contributed by atoms with Crippen molar-refractivity contribution in [1.82, 2.24) is 5.43 Å². The lowest BCUT2D eigenvalue weighted by atomic mass is 10.5. The van der Waals surface area contributed by atoms with Crippen LogP contribution in [0.3, 0.4) is 0 Å². The van der Waals surface area contributed by atoms with Gasteiger partial charge in [0.1, 0.15) is 5.17 Å². The molecule has 0 aromatic carbocycles. The summed E-state index contributed by atoms with van der Waals surface area (Å²) in [4.78, 5) is 0. The van der Waals surface area contributed by atoms with Gasteiger partial charge in [0.15, 0.2) is 0 Å². The number of rotatable bonds is 0. The maximum atomic E-state index is 5.49. The van der Waals surface area contributed by atoms with Crippen LogP contribution in [0.15, 0.2) is 15.7 Å². The van der Waals surface area contributed by atoms with Gasteiger partial charge in [0, 0.05) is 4.48 Å². The number of hydrazone groups is 1. The average molecular weight is 195 g/mol. The molecule has 0 unspecified atom stereocenters. The molecule has 0 bridgehead atoms. The van der Waals surface area contributed by atoms with Crippen molar-refractivity contribution in [2.45, 2.75) is 0 Å². The number of hydrogen-bond acceptors (Lipinski definition) is 2. The zero-order chi connectivity index (χ0) is 5.98. The highest BCUT2D eigenvalue weighted by atomic mass is 79.9. The quantitative estimate of drug-likeness (QED) is 0.621. The molecule has 0 saturated heterocycles. The first-order chi connectivity index (χ1) is 3.79. The normalized spacial score (nSPS) is 18.8. The van der Waals surface area contributed by atoms with E-state index < -0.39 is 0 Å². The third-order valence-corrected chi connectivity index (χ3v) is 1.41. The monoisotopic (exact) mass is 194 g/mol. The SMILES string of the molecule is ClC1=NNCC(Br)=C1. The molecule has 1 N–H and O–H groups in total. The Morgan fingerprint density at radius 2 is 2.62 bits per heavy atom. The van der Waals surface area contributed by atoms with Crippen molar-refractivity contribution >= 4 is 32.7 Å². The molecule has 1 rings (SSSR count). The molecule has 0 atom stereocenters. The van der Waals surface area contributed by atoms with Gasteiger partial charge in [0.25, 0.3) is 0 Å². The van der Waals surface area contributed by atoms with Crippen LogP contribution >= 0.6 is 27.5 Å². The number of nitrogens with one attached hydrogen (secondary N) is 1. The fourth-order valence-corrected chi connectivity index (χ4v) is 1.07. The van der Waals surface area contributed by atoms with E-state index in [0.717, 1.165) is 11.0 Å². The minimum atomic E-state index is 0.489. The summed E-state index contributed by atoms with van der Waals surface area (Å²) in [7, 11) is 0. The highest BCUT2D eigenvalue weighted by molar-refractivity contribution is 9.11. The van der Waals surface area contributed by atoms with Gasteiger partial charge in [0.05, 0.1) is 6.54 Å². The van der Waals surface area contributed by atoms with E-state index in [4.69, 9.17) is 11.6 Å². The van der Waals surface area contributed by atoms with Crippen LogP contribution in [0.25, 0.3) is 0 Å². The van der Waals surface area contributed by atoms with Crippen LogP contribution in [-0.4, -0.2) is 11.7 Å². The molecule has 0 aromatic heterocycles. The molecule has 0 aliphatic carbocycles. The van der Waals surface area contributed by atoms with Crippen LogP contribution in [0.4, 0.5) is 0 Å². The lowest BCUT2D eigenvalue weighted by Crippen LogP contribution is -2.13. The third-order valence-electron chi connectivity index (χ3n) is 0.710. The Labute approximate surface area is 60.7 Å². The topological polar surface area (TPSA) is 24.4 Å². The first-order valence-corrected chi connectivity index (χ1v) is 3.28. The second kappa shape index (κ2) is 2.51. The fourth-order valence-electron chi connectivity index (χ4n) is 0.403. The molecule has 0 aromatic rings. The van der Waals surface area contributed by atoms with E-state index in [1.165, 1.54) is 0 Å². The summed E-state index contributed by atoms with van der Waals surface area (Å²) in [6, 6.07) is 0. The third kappa shape index (κ3) is 1.49. The van der Waals surface area contributed by atoms with Crippen molar-refractivity contribution in [3.8, 4) is 0 Å². The fraction of sp³-hybridized carbons (Fsp3) is 0.250. The van der Waals surface area contributed by atoms with Crippen LogP contribution in [0.1, 0.15) is 0 Å². The molecule has 2 nitrogen and oxygen atoms in total. The Morgan fingerprint density at radius 1 is 1.88 bits per heavy atom. The standard InChI is InChI=1S/C4H4BrClN2/c5-3-1-4(6)8-7-2-3/h1,7H,2H2. The van der Waals surface area contributed by atoms with Gasteiger partial charge < -0.3 is 5.43 Å². The van der Waals surface area contributed by atoms with Crippen LogP contribution in [0, 0.1) is 0 Å². The molecule has 1 heterocycles. The predicted octanol–water partition coefficient (Wildman–Crippen LogP) is 1.42. The summed E-state index contributed by atoms with van der Waals surface area (Å²) < 4.78 is 1.03. The van der Waals surface area contributed by atoms with Gasteiger partial charge in [-0.1, -0.05) is 27.5 Å². The van der Waals surface area contributed by atoms with E-state index in [-0.39, 0.29) is 0 Å². The highest BCUT2D eigenvalue weighted by Gasteiger charge is 1.98. The molecule has 1 aliphatic rings. The first-order valence-electron chi connectivity index (χ1n) is 2.11. The molecule has 0 fully saturated rings. The predicted molar refractivity (Wildman–Crippen MR) is 38.3 cm³/mol. The minimum Gasteiger partial charge on any atom is -0.304 e. The summed E-state index contributed by atoms with van der Waals surface area (Å²) in [5.41, 5.74) is 2.73. The summed E-state index contributed by atoms with van der Waals surface area (Å²) in [6.07, 6.45) is 1.76. The number of nitrogens with zero attached hydrogens (tertiary/aromatic N) is 1. The van der Waals surface area contributed by atoms with Gasteiger partial charge in [-0.2, -0.15) is 5.10 Å². The Bertz CT molecular complexity index is 152. The molecule has 44 valence electrons. The molecule has 0 spiro atoms. The number of allylic oxidation sites excluding steroid dienone is 1. The maximum absolute atomic E-state index is 5.49. The first kappa shape index (κ1) is 6.11.